The number of ether oxygens (including phenoxy) is 2. The van der Waals surface area contributed by atoms with Gasteiger partial charge in [-0.05, 0) is 64.0 Å². The number of halogens is 2. The van der Waals surface area contributed by atoms with E-state index in [1.54, 1.807) is 42.5 Å². The van der Waals surface area contributed by atoms with Gasteiger partial charge >= 0.3 is 5.97 Å². The molecule has 0 aliphatic rings. The molecule has 2 N–H and O–H groups in total. The molecule has 0 atom stereocenters. The minimum Gasteiger partial charge on any atom is -0.496 e. The first-order valence-electron chi connectivity index (χ1n) is 8.83. The van der Waals surface area contributed by atoms with Crippen LogP contribution in [0.4, 0.5) is 0 Å². The second-order valence-electron chi connectivity index (χ2n) is 6.12. The highest BCUT2D eigenvalue weighted by molar-refractivity contribution is 9.10. The second kappa shape index (κ2) is 10.1. The standard InChI is InChI=1S/C22H18BrClN2O4/c1-28-19-11-10-16(24)12-17(19)21(25)26-30-22(27)15-8-6-14(7-9-15)13-29-20-5-3-2-4-18(20)23/h2-12H,13H2,1H3,(H2,25,26). The maximum absolute atomic E-state index is 12.3. The van der Waals surface area contributed by atoms with Crippen LogP contribution < -0.4 is 15.2 Å². The number of benzene rings is 3. The van der Waals surface area contributed by atoms with Crippen molar-refractivity contribution in [1.29, 1.82) is 0 Å². The van der Waals surface area contributed by atoms with E-state index in [0.29, 0.717) is 28.5 Å². The molecule has 0 aliphatic heterocycles. The van der Waals surface area contributed by atoms with E-state index >= 15 is 0 Å². The van der Waals surface area contributed by atoms with E-state index in [1.165, 1.54) is 7.11 Å². The van der Waals surface area contributed by atoms with Gasteiger partial charge in [-0.1, -0.05) is 41.0 Å². The largest absolute Gasteiger partial charge is 0.496 e. The highest BCUT2D eigenvalue weighted by Crippen LogP contribution is 2.25. The van der Waals surface area contributed by atoms with Crippen molar-refractivity contribution < 1.29 is 19.1 Å². The highest BCUT2D eigenvalue weighted by Gasteiger charge is 2.12. The van der Waals surface area contributed by atoms with Gasteiger partial charge in [0, 0.05) is 5.02 Å². The van der Waals surface area contributed by atoms with Gasteiger partial charge in [0.25, 0.3) is 0 Å². The highest BCUT2D eigenvalue weighted by atomic mass is 79.9. The molecule has 3 rings (SSSR count). The van der Waals surface area contributed by atoms with Gasteiger partial charge in [-0.25, -0.2) is 4.79 Å². The third-order valence-corrected chi connectivity index (χ3v) is 4.98. The summed E-state index contributed by atoms with van der Waals surface area (Å²) in [4.78, 5) is 17.2. The van der Waals surface area contributed by atoms with Gasteiger partial charge in [0.2, 0.25) is 0 Å². The van der Waals surface area contributed by atoms with Crippen molar-refractivity contribution in [3.8, 4) is 11.5 Å². The number of rotatable bonds is 7. The Labute approximate surface area is 187 Å². The van der Waals surface area contributed by atoms with E-state index in [2.05, 4.69) is 21.1 Å². The van der Waals surface area contributed by atoms with Crippen LogP contribution in [-0.2, 0) is 11.4 Å². The number of hydrogen-bond donors (Lipinski definition) is 1. The number of nitrogens with zero attached hydrogens (tertiary/aromatic N) is 1. The molecule has 0 amide bonds. The predicted molar refractivity (Wildman–Crippen MR) is 119 cm³/mol. The molecule has 30 heavy (non-hydrogen) atoms. The number of carbonyl (C=O) groups excluding carboxylic acids is 1. The third kappa shape index (κ3) is 5.52. The van der Waals surface area contributed by atoms with Crippen LogP contribution in [-0.4, -0.2) is 18.9 Å². The maximum atomic E-state index is 12.3. The molecular formula is C22H18BrClN2O4. The molecule has 154 valence electrons. The minimum atomic E-state index is -0.641. The smallest absolute Gasteiger partial charge is 0.365 e. The number of methoxy groups -OCH3 is 1. The lowest BCUT2D eigenvalue weighted by atomic mass is 10.1. The first-order valence-corrected chi connectivity index (χ1v) is 10.00. The average molecular weight is 490 g/mol. The Kier molecular flexibility index (Phi) is 7.32. The number of para-hydroxylation sites is 1. The Hall–Kier alpha value is -3.03. The van der Waals surface area contributed by atoms with Crippen molar-refractivity contribution in [2.24, 2.45) is 10.9 Å². The van der Waals surface area contributed by atoms with Gasteiger partial charge in [-0.3, -0.25) is 0 Å². The van der Waals surface area contributed by atoms with Crippen LogP contribution in [0.3, 0.4) is 0 Å². The summed E-state index contributed by atoms with van der Waals surface area (Å²) < 4.78 is 11.8. The predicted octanol–water partition coefficient (Wildman–Crippen LogP) is 5.17. The Morgan fingerprint density at radius 3 is 2.50 bits per heavy atom. The molecule has 0 fully saturated rings. The molecule has 0 aromatic heterocycles. The normalized spacial score (nSPS) is 11.1. The molecule has 8 heteroatoms. The third-order valence-electron chi connectivity index (χ3n) is 4.09. The van der Waals surface area contributed by atoms with Crippen LogP contribution in [0.25, 0.3) is 0 Å². The topological polar surface area (TPSA) is 83.1 Å². The Morgan fingerprint density at radius 1 is 1.07 bits per heavy atom. The summed E-state index contributed by atoms with van der Waals surface area (Å²) in [5.74, 6) is 0.534. The quantitative estimate of drug-likeness (QED) is 0.214. The lowest BCUT2D eigenvalue weighted by Crippen LogP contribution is -2.16. The fourth-order valence-corrected chi connectivity index (χ4v) is 3.10. The first-order chi connectivity index (χ1) is 14.5. The van der Waals surface area contributed by atoms with E-state index in [0.717, 1.165) is 15.8 Å². The van der Waals surface area contributed by atoms with Crippen molar-refractivity contribution in [3.05, 3.63) is 92.9 Å². The molecule has 0 radical (unpaired) electrons. The van der Waals surface area contributed by atoms with Crippen LogP contribution in [0.15, 0.2) is 76.4 Å². The molecule has 0 unspecified atom stereocenters. The molecule has 0 saturated heterocycles. The maximum Gasteiger partial charge on any atom is 0.365 e. The molecule has 0 saturated carbocycles. The van der Waals surface area contributed by atoms with Gasteiger partial charge in [-0.2, -0.15) is 0 Å². The summed E-state index contributed by atoms with van der Waals surface area (Å²) in [6.07, 6.45) is 0. The molecule has 0 heterocycles. The Bertz CT molecular complexity index is 1070. The monoisotopic (exact) mass is 488 g/mol. The zero-order valence-electron chi connectivity index (χ0n) is 16.0. The summed E-state index contributed by atoms with van der Waals surface area (Å²) >= 11 is 9.41. The average Bonchev–Trinajstić information content (AvgIpc) is 2.77. The van der Waals surface area contributed by atoms with Crippen LogP contribution >= 0.6 is 27.5 Å². The van der Waals surface area contributed by atoms with Crippen LogP contribution in [0.1, 0.15) is 21.5 Å². The fraction of sp³-hybridized carbons (Fsp3) is 0.0909. The van der Waals surface area contributed by atoms with Crippen LogP contribution in [0.5, 0.6) is 11.5 Å². The number of amidine groups is 1. The van der Waals surface area contributed by atoms with Gasteiger partial charge in [0.05, 0.1) is 22.7 Å². The molecule has 0 spiro atoms. The summed E-state index contributed by atoms with van der Waals surface area (Å²) in [6, 6.07) is 19.3. The molecule has 0 aliphatic carbocycles. The molecule has 6 nitrogen and oxygen atoms in total. The second-order valence-corrected chi connectivity index (χ2v) is 7.41. The zero-order valence-corrected chi connectivity index (χ0v) is 18.3. The molecule has 0 bridgehead atoms. The SMILES string of the molecule is COc1ccc(Cl)cc1/C(N)=N/OC(=O)c1ccc(COc2ccccc2Br)cc1. The van der Waals surface area contributed by atoms with E-state index in [9.17, 15) is 4.79 Å². The number of hydrogen-bond acceptors (Lipinski definition) is 5. The summed E-state index contributed by atoms with van der Waals surface area (Å²) in [5, 5.41) is 4.16. The van der Waals surface area contributed by atoms with Gasteiger partial charge in [-0.15, -0.1) is 0 Å². The van der Waals surface area contributed by atoms with Crippen molar-refractivity contribution >= 4 is 39.3 Å². The molecule has 3 aromatic carbocycles. The summed E-state index contributed by atoms with van der Waals surface area (Å²) in [7, 11) is 1.49. The number of carbonyl (C=O) groups is 1. The van der Waals surface area contributed by atoms with Crippen LogP contribution in [0, 0.1) is 0 Å². The minimum absolute atomic E-state index is 0.0267. The number of oxime groups is 1. The van der Waals surface area contributed by atoms with Crippen molar-refractivity contribution in [3.63, 3.8) is 0 Å². The van der Waals surface area contributed by atoms with Crippen LogP contribution in [0.2, 0.25) is 5.02 Å². The lowest BCUT2D eigenvalue weighted by Gasteiger charge is -2.09. The van der Waals surface area contributed by atoms with E-state index in [-0.39, 0.29) is 5.84 Å². The summed E-state index contributed by atoms with van der Waals surface area (Å²) in [5.41, 5.74) is 7.56. The van der Waals surface area contributed by atoms with Gasteiger partial charge in [0.15, 0.2) is 5.84 Å². The van der Waals surface area contributed by atoms with Crippen molar-refractivity contribution in [2.75, 3.05) is 7.11 Å². The first kappa shape index (κ1) is 21.7. The van der Waals surface area contributed by atoms with E-state index < -0.39 is 5.97 Å². The lowest BCUT2D eigenvalue weighted by molar-refractivity contribution is 0.0516. The molecule has 3 aromatic rings. The zero-order chi connectivity index (χ0) is 21.5. The van der Waals surface area contributed by atoms with Gasteiger partial charge < -0.3 is 20.0 Å². The molecular weight excluding hydrogens is 472 g/mol. The Balaban J connectivity index is 1.63. The Morgan fingerprint density at radius 2 is 1.80 bits per heavy atom. The van der Waals surface area contributed by atoms with E-state index in [1.807, 2.05) is 24.3 Å². The van der Waals surface area contributed by atoms with Crippen molar-refractivity contribution in [2.45, 2.75) is 6.61 Å². The number of nitrogens with two attached hydrogens (primary N) is 1. The fourth-order valence-electron chi connectivity index (χ4n) is 2.53. The summed E-state index contributed by atoms with van der Waals surface area (Å²) in [6.45, 7) is 0.359. The van der Waals surface area contributed by atoms with Gasteiger partial charge in [0.1, 0.15) is 18.1 Å². The van der Waals surface area contributed by atoms with E-state index in [4.69, 9.17) is 31.6 Å². The van der Waals surface area contributed by atoms with Crippen molar-refractivity contribution in [1.82, 2.24) is 0 Å².